The van der Waals surface area contributed by atoms with E-state index in [1.807, 2.05) is 129 Å². The first kappa shape index (κ1) is 77.9. The maximum atomic E-state index is 14.0. The highest BCUT2D eigenvalue weighted by Gasteiger charge is 2.34. The van der Waals surface area contributed by atoms with E-state index >= 15 is 0 Å². The van der Waals surface area contributed by atoms with Crippen molar-refractivity contribution >= 4 is 114 Å². The van der Waals surface area contributed by atoms with Gasteiger partial charge in [0.25, 0.3) is 0 Å². The van der Waals surface area contributed by atoms with Crippen molar-refractivity contribution in [3.8, 4) is 34.2 Å². The van der Waals surface area contributed by atoms with Gasteiger partial charge >= 0.3 is 37.6 Å². The van der Waals surface area contributed by atoms with E-state index in [1.165, 1.54) is 24.1 Å². The van der Waals surface area contributed by atoms with E-state index in [9.17, 15) is 24.0 Å². The molecule has 10 aromatic rings. The third kappa shape index (κ3) is 19.3. The Morgan fingerprint density at radius 1 is 0.467 bits per heavy atom. The third-order valence-corrected chi connectivity index (χ3v) is 17.4. The van der Waals surface area contributed by atoms with Crippen LogP contribution < -0.4 is 20.6 Å². The van der Waals surface area contributed by atoms with Crippen LogP contribution in [0.3, 0.4) is 0 Å². The average molecular weight is 1500 g/mol. The van der Waals surface area contributed by atoms with Crippen LogP contribution in [0.1, 0.15) is 122 Å². The summed E-state index contributed by atoms with van der Waals surface area (Å²) >= 11 is 3.50. The van der Waals surface area contributed by atoms with Gasteiger partial charge in [0, 0.05) is 74.1 Å². The Hall–Kier alpha value is -9.67. The zero-order chi connectivity index (χ0) is 76.4. The lowest BCUT2D eigenvalue weighted by Crippen LogP contribution is -2.44. The van der Waals surface area contributed by atoms with Crippen molar-refractivity contribution in [2.75, 3.05) is 76.3 Å². The van der Waals surface area contributed by atoms with Crippen LogP contribution in [0.5, 0.6) is 0 Å². The van der Waals surface area contributed by atoms with Crippen molar-refractivity contribution in [2.24, 2.45) is 0 Å². The second kappa shape index (κ2) is 31.2. The molecular weight excluding hydrogens is 1400 g/mol. The van der Waals surface area contributed by atoms with Gasteiger partial charge in [0.2, 0.25) is 0 Å². The summed E-state index contributed by atoms with van der Waals surface area (Å²) in [4.78, 5) is 85.3. The molecule has 2 saturated heterocycles. The van der Waals surface area contributed by atoms with Crippen molar-refractivity contribution in [1.82, 2.24) is 53.8 Å². The van der Waals surface area contributed by atoms with E-state index in [0.717, 1.165) is 91.3 Å². The van der Waals surface area contributed by atoms with Gasteiger partial charge in [-0.3, -0.25) is 0 Å². The fraction of sp³-hybridized carbons (Fsp3) is 0.423. The summed E-state index contributed by atoms with van der Waals surface area (Å²) in [5, 5.41) is 31.3. The number of benzene rings is 6. The van der Waals surface area contributed by atoms with Crippen LogP contribution in [-0.4, -0.2) is 191 Å². The van der Waals surface area contributed by atoms with Gasteiger partial charge in [-0.05, 0) is 207 Å². The highest BCUT2D eigenvalue weighted by Crippen LogP contribution is 2.39. The Balaban J connectivity index is 0.000000185. The highest BCUT2D eigenvalue weighted by atomic mass is 79.9. The van der Waals surface area contributed by atoms with Gasteiger partial charge in [-0.1, -0.05) is 89.6 Å². The number of para-hydroxylation sites is 2. The van der Waals surface area contributed by atoms with Crippen molar-refractivity contribution in [1.29, 1.82) is 0 Å². The van der Waals surface area contributed by atoms with Gasteiger partial charge in [0.1, 0.15) is 50.4 Å². The first-order chi connectivity index (χ1) is 49.2. The molecule has 0 spiro atoms. The monoisotopic (exact) mass is 1500 g/mol. The molecule has 0 aliphatic carbocycles. The summed E-state index contributed by atoms with van der Waals surface area (Å²) in [5.74, 6) is 0.587. The molecule has 0 unspecified atom stereocenters. The Labute approximate surface area is 621 Å². The minimum absolute atomic E-state index is 0.292. The third-order valence-electron chi connectivity index (χ3n) is 16.9. The second-order valence-electron chi connectivity index (χ2n) is 31.3. The molecule has 105 heavy (non-hydrogen) atoms. The lowest BCUT2D eigenvalue weighted by atomic mass is 9.80. The minimum Gasteiger partial charge on any atom is -0.444 e. The molecule has 1 amide bonds. The quantitative estimate of drug-likeness (QED) is 0.0895. The van der Waals surface area contributed by atoms with Crippen molar-refractivity contribution < 1.29 is 57.7 Å². The maximum absolute atomic E-state index is 14.0. The number of carbonyl (C=O) groups is 5. The largest absolute Gasteiger partial charge is 0.488 e. The van der Waals surface area contributed by atoms with Gasteiger partial charge in [-0.25, -0.2) is 43.1 Å². The molecule has 2 fully saturated rings. The molecule has 27 heteroatoms. The highest BCUT2D eigenvalue weighted by molar-refractivity contribution is 9.10. The standard InChI is InChI=1S/C37H44N6O4.C29H35BrN6O4.C12H18BNO4/c1-9-24-13-15-25(16-14-24)26-17-18-27-30(23-26)43(35(45)47-37(5,6)7)39-31(27)33-38-32-28(41-21-19-40(8)20-22-41)11-10-12-29(32)42(33)34(44)46-36(2,3)4;1-28(2,3)39-26(37)35-21-10-8-9-20(34-15-13-33(7)14-16-34)24(21)31-25(35)23-19-12-11-18(30)17-22(19)36(32-23)27(38)40-29(4,5)6;1-12(2,3)18-11(15)14-8-9-4-6-10(7-5-9)13(16)17/h10-18,23H,9,19-22H2,1-8H3;8-12,17H,13-16H2,1-7H3;4-7,16-17H,8H2,1-3H3,(H,14,15). The maximum Gasteiger partial charge on any atom is 0.488 e. The second-order valence-corrected chi connectivity index (χ2v) is 32.2. The molecule has 2 aliphatic heterocycles. The fourth-order valence-electron chi connectivity index (χ4n) is 11.9. The minimum atomic E-state index is -1.47. The summed E-state index contributed by atoms with van der Waals surface area (Å²) in [7, 11) is 2.75. The van der Waals surface area contributed by atoms with Crippen molar-refractivity contribution in [3.63, 3.8) is 0 Å². The van der Waals surface area contributed by atoms with Crippen LogP contribution in [0.15, 0.2) is 126 Å². The molecule has 12 rings (SSSR count). The number of imidazole rings is 2. The number of carbonyl (C=O) groups excluding carboxylic acids is 5. The zero-order valence-corrected chi connectivity index (χ0v) is 65.0. The van der Waals surface area contributed by atoms with Gasteiger partial charge in [0.15, 0.2) is 11.6 Å². The molecule has 25 nitrogen and oxygen atoms in total. The number of piperazine rings is 2. The SMILES string of the molecule is CC(C)(C)OC(=O)NCc1ccc(B(O)O)cc1.CCc1ccc(-c2ccc3c(-c4nc5c(N6CCN(C)CC6)cccc5n4C(=O)OC(C)(C)C)nn(C(=O)OC(C)(C)C)c3c2)cc1.CN1CCN(c2cccc3c2nc(-c2nn(C(=O)OC(C)(C)C)c4cc(Br)ccc24)n3C(=O)OC(C)(C)C)CC1. The number of aromatic nitrogens is 8. The van der Waals surface area contributed by atoms with Gasteiger partial charge in [-0.15, -0.1) is 0 Å². The number of ether oxygens (including phenoxy) is 5. The van der Waals surface area contributed by atoms with Crippen LogP contribution >= 0.6 is 15.9 Å². The van der Waals surface area contributed by atoms with Crippen LogP contribution in [0, 0.1) is 0 Å². The lowest BCUT2D eigenvalue weighted by Gasteiger charge is -2.34. The normalized spacial score (nSPS) is 14.2. The molecule has 4 aromatic heterocycles. The van der Waals surface area contributed by atoms with Gasteiger partial charge in [-0.2, -0.15) is 19.6 Å². The number of nitrogens with one attached hydrogen (secondary N) is 1. The van der Waals surface area contributed by atoms with Crippen LogP contribution in [-0.2, 0) is 36.6 Å². The number of halogens is 1. The van der Waals surface area contributed by atoms with Gasteiger partial charge < -0.3 is 58.6 Å². The van der Waals surface area contributed by atoms with E-state index in [1.54, 1.807) is 71.9 Å². The molecule has 556 valence electrons. The van der Waals surface area contributed by atoms with E-state index < -0.39 is 65.6 Å². The number of aryl methyl sites for hydroxylation is 1. The predicted octanol–water partition coefficient (Wildman–Crippen LogP) is 14.1. The summed E-state index contributed by atoms with van der Waals surface area (Å²) < 4.78 is 34.5. The summed E-state index contributed by atoms with van der Waals surface area (Å²) in [6.45, 7) is 36.7. The van der Waals surface area contributed by atoms with E-state index in [-0.39, 0.29) is 0 Å². The number of hydrogen-bond donors (Lipinski definition) is 3. The zero-order valence-electron chi connectivity index (χ0n) is 63.4. The topological polar surface area (TPSA) is 268 Å². The average Bonchev–Trinajstić information content (AvgIpc) is 1.59. The Morgan fingerprint density at radius 2 is 0.857 bits per heavy atom. The fourth-order valence-corrected chi connectivity index (χ4v) is 12.3. The number of anilines is 2. The first-order valence-electron chi connectivity index (χ1n) is 35.3. The number of hydrogen-bond acceptors (Lipinski definition) is 20. The number of nitrogens with zero attached hydrogens (tertiary/aromatic N) is 12. The number of amides is 1. The molecule has 3 N–H and O–H groups in total. The smallest absolute Gasteiger partial charge is 0.444 e. The number of rotatable bonds is 9. The molecule has 0 atom stereocenters. The van der Waals surface area contributed by atoms with E-state index in [4.69, 9.17) is 48.8 Å². The molecule has 0 saturated carbocycles. The molecule has 0 bridgehead atoms. The molecular formula is C78H97BBrN13O12. The molecule has 0 radical (unpaired) electrons. The first-order valence-corrected chi connectivity index (χ1v) is 36.1. The van der Waals surface area contributed by atoms with E-state index in [0.29, 0.717) is 78.9 Å². The summed E-state index contributed by atoms with van der Waals surface area (Å²) in [6, 6.07) is 38.0. The number of fused-ring (bicyclic) bond motifs is 4. The number of alkyl carbamates (subject to hydrolysis) is 1. The molecule has 6 aromatic carbocycles. The molecule has 2 aliphatic rings. The lowest BCUT2D eigenvalue weighted by molar-refractivity contribution is 0.0511. The van der Waals surface area contributed by atoms with Crippen molar-refractivity contribution in [2.45, 2.75) is 152 Å². The van der Waals surface area contributed by atoms with Crippen molar-refractivity contribution in [3.05, 3.63) is 137 Å². The van der Waals surface area contributed by atoms with Crippen LogP contribution in [0.2, 0.25) is 0 Å². The Bertz CT molecular complexity index is 4820. The Kier molecular flexibility index (Phi) is 23.1. The predicted molar refractivity (Wildman–Crippen MR) is 415 cm³/mol. The van der Waals surface area contributed by atoms with Crippen LogP contribution in [0.4, 0.5) is 35.3 Å². The summed E-state index contributed by atoms with van der Waals surface area (Å²) in [5.41, 5.74) is 7.25. The summed E-state index contributed by atoms with van der Waals surface area (Å²) in [6.07, 6.45) is -1.92. The molecule has 6 heterocycles. The Morgan fingerprint density at radius 3 is 1.27 bits per heavy atom. The van der Waals surface area contributed by atoms with Crippen LogP contribution in [0.25, 0.3) is 78.0 Å². The number of likely N-dealkylation sites (N-methyl/N-ethyl adjacent to an activating group) is 2. The van der Waals surface area contributed by atoms with Gasteiger partial charge in [0.05, 0.1) is 33.4 Å². The van der Waals surface area contributed by atoms with E-state index in [2.05, 4.69) is 91.2 Å².